The number of imidazole rings is 1. The highest BCUT2D eigenvalue weighted by Crippen LogP contribution is 2.29. The minimum atomic E-state index is 0.459. The largest absolute Gasteiger partial charge is 0.371 e. The van der Waals surface area contributed by atoms with Gasteiger partial charge in [0.2, 0.25) is 0 Å². The van der Waals surface area contributed by atoms with Gasteiger partial charge < -0.3 is 9.47 Å². The Bertz CT molecular complexity index is 795. The molecule has 1 aliphatic rings. The number of hydrogen-bond acceptors (Lipinski definition) is 5. The molecule has 0 aliphatic carbocycles. The number of aryl methyl sites for hydroxylation is 1. The normalized spacial score (nSPS) is 18.0. The van der Waals surface area contributed by atoms with E-state index in [0.717, 1.165) is 31.0 Å². The van der Waals surface area contributed by atoms with Gasteiger partial charge in [-0.05, 0) is 31.9 Å². The molecule has 0 radical (unpaired) electrons. The molecule has 3 aromatic rings. The van der Waals surface area contributed by atoms with Gasteiger partial charge in [0.15, 0.2) is 0 Å². The first-order valence-electron chi connectivity index (χ1n) is 8.35. The summed E-state index contributed by atoms with van der Waals surface area (Å²) in [6.07, 6.45) is 8.27. The van der Waals surface area contributed by atoms with Crippen LogP contribution in [0, 0.1) is 6.92 Å². The van der Waals surface area contributed by atoms with Gasteiger partial charge in [0.25, 0.3) is 0 Å². The van der Waals surface area contributed by atoms with E-state index in [1.54, 1.807) is 11.3 Å². The molecule has 0 saturated carbocycles. The standard InChI is InChI=1S/C18H21N5S/c1-14-9-17(4-5-19-14)22-7-2-3-15(10-22)18-20-6-8-23(18)11-16-12-24-13-21-16/h4-6,8-9,12-13,15H,2-3,7,10-11H2,1H3/t15-/m0/s1. The summed E-state index contributed by atoms with van der Waals surface area (Å²) in [4.78, 5) is 15.8. The Kier molecular flexibility index (Phi) is 4.30. The second-order valence-corrected chi connectivity index (χ2v) is 7.05. The molecule has 0 N–H and O–H groups in total. The van der Waals surface area contributed by atoms with Gasteiger partial charge in [-0.2, -0.15) is 0 Å². The van der Waals surface area contributed by atoms with Crippen LogP contribution in [0.2, 0.25) is 0 Å². The van der Waals surface area contributed by atoms with Gasteiger partial charge in [0.1, 0.15) is 5.82 Å². The Labute approximate surface area is 146 Å². The van der Waals surface area contributed by atoms with Crippen molar-refractivity contribution >= 4 is 17.0 Å². The van der Waals surface area contributed by atoms with Crippen molar-refractivity contribution in [2.24, 2.45) is 0 Å². The summed E-state index contributed by atoms with van der Waals surface area (Å²) >= 11 is 1.64. The molecule has 5 nitrogen and oxygen atoms in total. The molecule has 6 heteroatoms. The Morgan fingerprint density at radius 1 is 1.25 bits per heavy atom. The molecular weight excluding hydrogens is 318 g/mol. The molecule has 0 amide bonds. The molecule has 1 atom stereocenters. The first-order chi connectivity index (χ1) is 11.8. The first-order valence-corrected chi connectivity index (χ1v) is 9.29. The molecule has 3 aromatic heterocycles. The van der Waals surface area contributed by atoms with Gasteiger partial charge in [-0.3, -0.25) is 4.98 Å². The molecule has 1 aliphatic heterocycles. The van der Waals surface area contributed by atoms with Crippen LogP contribution in [0.3, 0.4) is 0 Å². The predicted octanol–water partition coefficient (Wildman–Crippen LogP) is 3.48. The minimum Gasteiger partial charge on any atom is -0.371 e. The highest BCUT2D eigenvalue weighted by Gasteiger charge is 2.25. The number of nitrogens with zero attached hydrogens (tertiary/aromatic N) is 5. The molecule has 4 heterocycles. The Morgan fingerprint density at radius 3 is 3.04 bits per heavy atom. The quantitative estimate of drug-likeness (QED) is 0.730. The van der Waals surface area contributed by atoms with Gasteiger partial charge in [-0.25, -0.2) is 9.97 Å². The molecule has 0 aromatic carbocycles. The maximum Gasteiger partial charge on any atom is 0.113 e. The number of aromatic nitrogens is 4. The van der Waals surface area contributed by atoms with E-state index >= 15 is 0 Å². The second kappa shape index (κ2) is 6.73. The first kappa shape index (κ1) is 15.3. The Balaban J connectivity index is 1.53. The van der Waals surface area contributed by atoms with Crippen LogP contribution in [0.15, 0.2) is 41.6 Å². The number of pyridine rings is 1. The fraction of sp³-hybridized carbons (Fsp3) is 0.389. The summed E-state index contributed by atoms with van der Waals surface area (Å²) in [6, 6.07) is 4.28. The number of hydrogen-bond donors (Lipinski definition) is 0. The third-order valence-corrected chi connectivity index (χ3v) is 5.23. The molecule has 4 rings (SSSR count). The van der Waals surface area contributed by atoms with Crippen molar-refractivity contribution < 1.29 is 0 Å². The zero-order valence-corrected chi connectivity index (χ0v) is 14.6. The zero-order valence-electron chi connectivity index (χ0n) is 13.8. The van der Waals surface area contributed by atoms with Crippen LogP contribution in [-0.4, -0.2) is 32.6 Å². The van der Waals surface area contributed by atoms with Crippen molar-refractivity contribution in [3.8, 4) is 0 Å². The summed E-state index contributed by atoms with van der Waals surface area (Å²) in [7, 11) is 0. The topological polar surface area (TPSA) is 46.8 Å². The monoisotopic (exact) mass is 339 g/mol. The van der Waals surface area contributed by atoms with Gasteiger partial charge in [0.05, 0.1) is 17.7 Å². The molecule has 0 unspecified atom stereocenters. The van der Waals surface area contributed by atoms with E-state index in [2.05, 4.69) is 48.1 Å². The van der Waals surface area contributed by atoms with Crippen molar-refractivity contribution in [2.45, 2.75) is 32.2 Å². The lowest BCUT2D eigenvalue weighted by molar-refractivity contribution is 0.475. The van der Waals surface area contributed by atoms with Crippen LogP contribution in [-0.2, 0) is 6.54 Å². The molecule has 24 heavy (non-hydrogen) atoms. The van der Waals surface area contributed by atoms with Gasteiger partial charge in [-0.1, -0.05) is 0 Å². The molecule has 0 spiro atoms. The van der Waals surface area contributed by atoms with Crippen molar-refractivity contribution in [1.82, 2.24) is 19.5 Å². The average molecular weight is 339 g/mol. The highest BCUT2D eigenvalue weighted by atomic mass is 32.1. The smallest absolute Gasteiger partial charge is 0.113 e. The van der Waals surface area contributed by atoms with Crippen molar-refractivity contribution in [2.75, 3.05) is 18.0 Å². The Morgan fingerprint density at radius 2 is 2.21 bits per heavy atom. The van der Waals surface area contributed by atoms with Crippen molar-refractivity contribution in [1.29, 1.82) is 0 Å². The van der Waals surface area contributed by atoms with Crippen LogP contribution >= 0.6 is 11.3 Å². The van der Waals surface area contributed by atoms with E-state index in [-0.39, 0.29) is 0 Å². The zero-order chi connectivity index (χ0) is 16.4. The average Bonchev–Trinajstić information content (AvgIpc) is 3.27. The number of thiazole rings is 1. The summed E-state index contributed by atoms with van der Waals surface area (Å²) in [5, 5.41) is 2.11. The van der Waals surface area contributed by atoms with E-state index < -0.39 is 0 Å². The van der Waals surface area contributed by atoms with E-state index in [9.17, 15) is 0 Å². The summed E-state index contributed by atoms with van der Waals surface area (Å²) in [5.74, 6) is 1.64. The third-order valence-electron chi connectivity index (χ3n) is 4.60. The van der Waals surface area contributed by atoms with E-state index in [0.29, 0.717) is 5.92 Å². The fourth-order valence-electron chi connectivity index (χ4n) is 3.45. The summed E-state index contributed by atoms with van der Waals surface area (Å²) in [5.41, 5.74) is 5.33. The number of anilines is 1. The lowest BCUT2D eigenvalue weighted by Gasteiger charge is -2.34. The molecular formula is C18H21N5S. The minimum absolute atomic E-state index is 0.459. The lowest BCUT2D eigenvalue weighted by atomic mass is 9.96. The lowest BCUT2D eigenvalue weighted by Crippen LogP contribution is -2.35. The van der Waals surface area contributed by atoms with Crippen LogP contribution < -0.4 is 4.90 Å². The maximum atomic E-state index is 4.67. The van der Waals surface area contributed by atoms with E-state index in [1.807, 2.05) is 24.8 Å². The van der Waals surface area contributed by atoms with Crippen LogP contribution in [0.5, 0.6) is 0 Å². The fourth-order valence-corrected chi connectivity index (χ4v) is 4.00. The van der Waals surface area contributed by atoms with Gasteiger partial charge in [-0.15, -0.1) is 11.3 Å². The number of piperidine rings is 1. The van der Waals surface area contributed by atoms with Crippen LogP contribution in [0.25, 0.3) is 0 Å². The van der Waals surface area contributed by atoms with Crippen molar-refractivity contribution in [3.05, 3.63) is 58.8 Å². The molecule has 1 fully saturated rings. The summed E-state index contributed by atoms with van der Waals surface area (Å²) < 4.78 is 2.25. The maximum absolute atomic E-state index is 4.67. The second-order valence-electron chi connectivity index (χ2n) is 6.33. The SMILES string of the molecule is Cc1cc(N2CCC[C@H](c3nccn3Cc3cscn3)C2)ccn1. The molecule has 124 valence electrons. The van der Waals surface area contributed by atoms with Crippen molar-refractivity contribution in [3.63, 3.8) is 0 Å². The van der Waals surface area contributed by atoms with Crippen LogP contribution in [0.4, 0.5) is 5.69 Å². The van der Waals surface area contributed by atoms with E-state index in [1.165, 1.54) is 24.4 Å². The summed E-state index contributed by atoms with van der Waals surface area (Å²) in [6.45, 7) is 4.97. The van der Waals surface area contributed by atoms with E-state index in [4.69, 9.17) is 0 Å². The van der Waals surface area contributed by atoms with Gasteiger partial charge >= 0.3 is 0 Å². The molecule has 0 bridgehead atoms. The Hall–Kier alpha value is -2.21. The molecule has 1 saturated heterocycles. The number of rotatable bonds is 4. The van der Waals surface area contributed by atoms with Gasteiger partial charge in [0, 0.05) is 54.4 Å². The predicted molar refractivity (Wildman–Crippen MR) is 96.6 cm³/mol. The highest BCUT2D eigenvalue weighted by molar-refractivity contribution is 7.07. The third kappa shape index (κ3) is 3.19. The van der Waals surface area contributed by atoms with Crippen LogP contribution in [0.1, 0.15) is 36.0 Å².